The van der Waals surface area contributed by atoms with Gasteiger partial charge < -0.3 is 5.32 Å². The van der Waals surface area contributed by atoms with Gasteiger partial charge in [-0.15, -0.1) is 0 Å². The molecule has 1 nitrogen and oxygen atoms in total. The highest BCUT2D eigenvalue weighted by Gasteiger charge is 2.22. The zero-order valence-corrected chi connectivity index (χ0v) is 12.3. The summed E-state index contributed by atoms with van der Waals surface area (Å²) >= 11 is 0. The zero-order chi connectivity index (χ0) is 13.1. The molecular weight excluding hydrogens is 218 g/mol. The van der Waals surface area contributed by atoms with Crippen molar-refractivity contribution in [1.29, 1.82) is 0 Å². The van der Waals surface area contributed by atoms with E-state index in [1.807, 2.05) is 0 Å². The molecule has 0 fully saturated rings. The second-order valence-corrected chi connectivity index (χ2v) is 6.02. The van der Waals surface area contributed by atoms with Gasteiger partial charge in [-0.25, -0.2) is 0 Å². The molecule has 0 heterocycles. The zero-order valence-electron chi connectivity index (χ0n) is 12.3. The highest BCUT2D eigenvalue weighted by atomic mass is 14.9. The summed E-state index contributed by atoms with van der Waals surface area (Å²) in [5, 5.41) is 3.67. The maximum Gasteiger partial charge on any atom is 0.0348 e. The summed E-state index contributed by atoms with van der Waals surface area (Å²) in [5.74, 6) is 1.38. The molecule has 0 spiro atoms. The van der Waals surface area contributed by atoms with Crippen LogP contribution < -0.4 is 5.32 Å². The van der Waals surface area contributed by atoms with Gasteiger partial charge in [0.2, 0.25) is 0 Å². The summed E-state index contributed by atoms with van der Waals surface area (Å²) in [4.78, 5) is 0. The summed E-state index contributed by atoms with van der Waals surface area (Å²) in [5.41, 5.74) is 4.65. The van der Waals surface area contributed by atoms with Gasteiger partial charge in [0, 0.05) is 6.04 Å². The minimum Gasteiger partial charge on any atom is -0.310 e. The van der Waals surface area contributed by atoms with E-state index in [4.69, 9.17) is 0 Å². The largest absolute Gasteiger partial charge is 0.310 e. The number of rotatable bonds is 5. The molecule has 1 aliphatic rings. The van der Waals surface area contributed by atoms with Gasteiger partial charge in [0.15, 0.2) is 0 Å². The van der Waals surface area contributed by atoms with Gasteiger partial charge in [-0.3, -0.25) is 0 Å². The lowest BCUT2D eigenvalue weighted by molar-refractivity contribution is 0.307. The Morgan fingerprint density at radius 2 is 1.83 bits per heavy atom. The molecule has 1 aliphatic carbocycles. The fourth-order valence-corrected chi connectivity index (χ4v) is 3.00. The van der Waals surface area contributed by atoms with E-state index in [1.54, 1.807) is 11.1 Å². The molecule has 0 bridgehead atoms. The first-order chi connectivity index (χ1) is 8.63. The number of aryl methyl sites for hydroxylation is 2. The highest BCUT2D eigenvalue weighted by Crippen LogP contribution is 2.31. The second-order valence-electron chi connectivity index (χ2n) is 6.02. The van der Waals surface area contributed by atoms with E-state index in [0.29, 0.717) is 17.9 Å². The SMILES string of the molecule is CCNC(c1ccc2c(c1)CCC2)C(C)C(C)C. The first-order valence-electron chi connectivity index (χ1n) is 7.48. The second kappa shape index (κ2) is 5.88. The van der Waals surface area contributed by atoms with Gasteiger partial charge in [-0.2, -0.15) is 0 Å². The van der Waals surface area contributed by atoms with Crippen molar-refractivity contribution in [2.75, 3.05) is 6.54 Å². The minimum absolute atomic E-state index is 0.501. The van der Waals surface area contributed by atoms with E-state index in [-0.39, 0.29) is 0 Å². The molecular formula is C17H27N. The van der Waals surface area contributed by atoms with Crippen molar-refractivity contribution >= 4 is 0 Å². The van der Waals surface area contributed by atoms with Crippen LogP contribution in [0.3, 0.4) is 0 Å². The van der Waals surface area contributed by atoms with Gasteiger partial charge in [0.25, 0.3) is 0 Å². The smallest absolute Gasteiger partial charge is 0.0348 e. The van der Waals surface area contributed by atoms with Crippen molar-refractivity contribution in [3.05, 3.63) is 34.9 Å². The summed E-state index contributed by atoms with van der Waals surface area (Å²) in [6, 6.07) is 7.65. The van der Waals surface area contributed by atoms with Crippen molar-refractivity contribution in [1.82, 2.24) is 5.32 Å². The Labute approximate surface area is 112 Å². The van der Waals surface area contributed by atoms with Crippen LogP contribution in [0.1, 0.15) is 56.8 Å². The highest BCUT2D eigenvalue weighted by molar-refractivity contribution is 5.36. The Morgan fingerprint density at radius 3 is 2.50 bits per heavy atom. The third-order valence-corrected chi connectivity index (χ3v) is 4.48. The molecule has 0 saturated heterocycles. The van der Waals surface area contributed by atoms with Gasteiger partial charge in [0.1, 0.15) is 0 Å². The lowest BCUT2D eigenvalue weighted by atomic mass is 9.85. The quantitative estimate of drug-likeness (QED) is 0.823. The Balaban J connectivity index is 2.25. The van der Waals surface area contributed by atoms with E-state index in [9.17, 15) is 0 Å². The minimum atomic E-state index is 0.501. The van der Waals surface area contributed by atoms with Gasteiger partial charge in [0.05, 0.1) is 0 Å². The molecule has 100 valence electrons. The van der Waals surface area contributed by atoms with Crippen LogP contribution in [0.25, 0.3) is 0 Å². The Kier molecular flexibility index (Phi) is 4.45. The topological polar surface area (TPSA) is 12.0 Å². The molecule has 1 heteroatoms. The van der Waals surface area contributed by atoms with Crippen LogP contribution >= 0.6 is 0 Å². The van der Waals surface area contributed by atoms with Crippen LogP contribution in [0.15, 0.2) is 18.2 Å². The van der Waals surface area contributed by atoms with Crippen molar-refractivity contribution in [3.8, 4) is 0 Å². The standard InChI is InChI=1S/C17H27N/c1-5-18-17(13(4)12(2)3)16-10-9-14-7-6-8-15(14)11-16/h9-13,17-18H,5-8H2,1-4H3. The fraction of sp³-hybridized carbons (Fsp3) is 0.647. The third-order valence-electron chi connectivity index (χ3n) is 4.48. The van der Waals surface area contributed by atoms with Gasteiger partial charge in [-0.1, -0.05) is 45.9 Å². The summed E-state index contributed by atoms with van der Waals surface area (Å²) in [6.07, 6.45) is 3.89. The Hall–Kier alpha value is -0.820. The average Bonchev–Trinajstić information content (AvgIpc) is 2.82. The van der Waals surface area contributed by atoms with E-state index >= 15 is 0 Å². The predicted octanol–water partition coefficient (Wildman–Crippen LogP) is 4.12. The average molecular weight is 245 g/mol. The van der Waals surface area contributed by atoms with Crippen LogP contribution in [0.2, 0.25) is 0 Å². The van der Waals surface area contributed by atoms with Crippen LogP contribution in [-0.2, 0) is 12.8 Å². The van der Waals surface area contributed by atoms with Crippen molar-refractivity contribution in [2.24, 2.45) is 11.8 Å². The number of hydrogen-bond donors (Lipinski definition) is 1. The summed E-state index contributed by atoms with van der Waals surface area (Å²) < 4.78 is 0. The maximum absolute atomic E-state index is 3.67. The number of benzene rings is 1. The number of hydrogen-bond acceptors (Lipinski definition) is 1. The molecule has 2 atom stereocenters. The normalized spacial score (nSPS) is 17.8. The molecule has 1 aromatic carbocycles. The lowest BCUT2D eigenvalue weighted by Crippen LogP contribution is -2.29. The lowest BCUT2D eigenvalue weighted by Gasteiger charge is -2.28. The molecule has 0 saturated carbocycles. The maximum atomic E-state index is 3.67. The first kappa shape index (κ1) is 13.6. The fourth-order valence-electron chi connectivity index (χ4n) is 3.00. The van der Waals surface area contributed by atoms with Crippen LogP contribution in [-0.4, -0.2) is 6.54 Å². The van der Waals surface area contributed by atoms with Crippen molar-refractivity contribution in [3.63, 3.8) is 0 Å². The van der Waals surface area contributed by atoms with E-state index in [2.05, 4.69) is 51.2 Å². The van der Waals surface area contributed by atoms with Gasteiger partial charge in [-0.05, 0) is 54.3 Å². The van der Waals surface area contributed by atoms with Crippen molar-refractivity contribution in [2.45, 2.75) is 53.0 Å². The molecule has 1 aromatic rings. The van der Waals surface area contributed by atoms with E-state index in [1.165, 1.54) is 24.8 Å². The summed E-state index contributed by atoms with van der Waals surface area (Å²) in [7, 11) is 0. The number of nitrogens with one attached hydrogen (secondary N) is 1. The van der Waals surface area contributed by atoms with Crippen molar-refractivity contribution < 1.29 is 0 Å². The van der Waals surface area contributed by atoms with Crippen LogP contribution in [0, 0.1) is 11.8 Å². The molecule has 18 heavy (non-hydrogen) atoms. The molecule has 1 N–H and O–H groups in total. The number of fused-ring (bicyclic) bond motifs is 1. The summed E-state index contributed by atoms with van der Waals surface area (Å²) in [6.45, 7) is 10.3. The molecule has 2 unspecified atom stereocenters. The van der Waals surface area contributed by atoms with Gasteiger partial charge >= 0.3 is 0 Å². The van der Waals surface area contributed by atoms with E-state index < -0.39 is 0 Å². The molecule has 0 amide bonds. The molecule has 0 radical (unpaired) electrons. The molecule has 0 aromatic heterocycles. The molecule has 2 rings (SSSR count). The Bertz CT molecular complexity index is 395. The Morgan fingerprint density at radius 1 is 1.11 bits per heavy atom. The van der Waals surface area contributed by atoms with Crippen LogP contribution in [0.5, 0.6) is 0 Å². The first-order valence-corrected chi connectivity index (χ1v) is 7.48. The predicted molar refractivity (Wildman–Crippen MR) is 78.9 cm³/mol. The third kappa shape index (κ3) is 2.77. The van der Waals surface area contributed by atoms with Crippen LogP contribution in [0.4, 0.5) is 0 Å². The van der Waals surface area contributed by atoms with E-state index in [0.717, 1.165) is 6.54 Å². The molecule has 0 aliphatic heterocycles. The monoisotopic (exact) mass is 245 g/mol.